The summed E-state index contributed by atoms with van der Waals surface area (Å²) in [5.41, 5.74) is -0.250. The normalized spacial score (nSPS) is 40.0. The van der Waals surface area contributed by atoms with E-state index in [1.807, 2.05) is 0 Å². The van der Waals surface area contributed by atoms with E-state index in [9.17, 15) is 9.59 Å². The van der Waals surface area contributed by atoms with Crippen LogP contribution in [0.4, 0.5) is 0 Å². The Labute approximate surface area is 119 Å². The maximum Gasteiger partial charge on any atom is 0.303 e. The van der Waals surface area contributed by atoms with Gasteiger partial charge in [0.05, 0.1) is 5.41 Å². The van der Waals surface area contributed by atoms with Crippen molar-refractivity contribution in [1.82, 2.24) is 10.2 Å². The molecule has 0 saturated carbocycles. The quantitative estimate of drug-likeness (QED) is 0.816. The van der Waals surface area contributed by atoms with Crippen molar-refractivity contribution in [2.45, 2.75) is 57.5 Å². The number of hydrogen-bond donors (Lipinski definition) is 2. The number of nitrogens with zero attached hydrogens (tertiary/aromatic N) is 1. The minimum absolute atomic E-state index is 0.250. The second-order valence-electron chi connectivity index (χ2n) is 7.02. The highest BCUT2D eigenvalue weighted by molar-refractivity contribution is 5.84. The molecular weight excluding hydrogens is 256 g/mol. The van der Waals surface area contributed by atoms with E-state index < -0.39 is 5.97 Å². The van der Waals surface area contributed by atoms with Crippen LogP contribution in [0.2, 0.25) is 0 Å². The standard InChI is InChI=1S/C15H24N2O3/c1-15(4-5-16-9-15)14(20)17-11-2-3-12(17)7-10(6-11)8-13(18)19/h10-12,16H,2-9H2,1H3,(H,18,19). The van der Waals surface area contributed by atoms with Crippen LogP contribution in [0.15, 0.2) is 0 Å². The Kier molecular flexibility index (Phi) is 3.48. The highest BCUT2D eigenvalue weighted by Gasteiger charge is 2.49. The molecule has 5 nitrogen and oxygen atoms in total. The van der Waals surface area contributed by atoms with Crippen molar-refractivity contribution in [3.8, 4) is 0 Å². The number of aliphatic carboxylic acids is 1. The fourth-order valence-corrected chi connectivity index (χ4v) is 4.35. The smallest absolute Gasteiger partial charge is 0.303 e. The first-order valence-corrected chi connectivity index (χ1v) is 7.75. The molecule has 3 saturated heterocycles. The van der Waals surface area contributed by atoms with Crippen molar-refractivity contribution in [2.24, 2.45) is 11.3 Å². The predicted molar refractivity (Wildman–Crippen MR) is 74.2 cm³/mol. The minimum Gasteiger partial charge on any atom is -0.481 e. The van der Waals surface area contributed by atoms with Gasteiger partial charge in [-0.25, -0.2) is 0 Å². The third kappa shape index (κ3) is 2.32. The largest absolute Gasteiger partial charge is 0.481 e. The number of carbonyl (C=O) groups excluding carboxylic acids is 1. The average Bonchev–Trinajstić information content (AvgIpc) is 2.92. The molecule has 112 valence electrons. The predicted octanol–water partition coefficient (Wildman–Crippen LogP) is 1.23. The van der Waals surface area contributed by atoms with Crippen LogP contribution >= 0.6 is 0 Å². The Morgan fingerprint density at radius 1 is 1.30 bits per heavy atom. The average molecular weight is 280 g/mol. The fourth-order valence-electron chi connectivity index (χ4n) is 4.35. The van der Waals surface area contributed by atoms with Gasteiger partial charge in [-0.15, -0.1) is 0 Å². The number of nitrogens with one attached hydrogen (secondary N) is 1. The van der Waals surface area contributed by atoms with Crippen LogP contribution in [0.3, 0.4) is 0 Å². The highest BCUT2D eigenvalue weighted by atomic mass is 16.4. The number of carboxylic acid groups (broad SMARTS) is 1. The number of fused-ring (bicyclic) bond motifs is 2. The van der Waals surface area contributed by atoms with E-state index in [4.69, 9.17) is 5.11 Å². The summed E-state index contributed by atoms with van der Waals surface area (Å²) in [6.07, 6.45) is 5.02. The van der Waals surface area contributed by atoms with Gasteiger partial charge < -0.3 is 15.3 Å². The summed E-state index contributed by atoms with van der Waals surface area (Å²) >= 11 is 0. The van der Waals surface area contributed by atoms with Crippen molar-refractivity contribution in [1.29, 1.82) is 0 Å². The molecule has 0 aromatic carbocycles. The van der Waals surface area contributed by atoms with E-state index in [-0.39, 0.29) is 29.8 Å². The second-order valence-corrected chi connectivity index (χ2v) is 7.02. The van der Waals surface area contributed by atoms with E-state index in [0.717, 1.165) is 45.2 Å². The molecule has 3 rings (SSSR count). The fraction of sp³-hybridized carbons (Fsp3) is 0.867. The molecule has 3 atom stereocenters. The SMILES string of the molecule is CC1(C(=O)N2C3CCC2CC(CC(=O)O)C3)CCNC1. The summed E-state index contributed by atoms with van der Waals surface area (Å²) in [5.74, 6) is -0.159. The third-order valence-corrected chi connectivity index (χ3v) is 5.41. The van der Waals surface area contributed by atoms with E-state index in [1.54, 1.807) is 0 Å². The van der Waals surface area contributed by atoms with Gasteiger partial charge >= 0.3 is 5.97 Å². The zero-order valence-electron chi connectivity index (χ0n) is 12.1. The van der Waals surface area contributed by atoms with Crippen LogP contribution in [-0.2, 0) is 9.59 Å². The number of amides is 1. The lowest BCUT2D eigenvalue weighted by atomic mass is 9.83. The van der Waals surface area contributed by atoms with Gasteiger partial charge in [0, 0.05) is 25.0 Å². The third-order valence-electron chi connectivity index (χ3n) is 5.41. The lowest BCUT2D eigenvalue weighted by Gasteiger charge is -2.42. The minimum atomic E-state index is -0.707. The van der Waals surface area contributed by atoms with Crippen LogP contribution in [0.1, 0.15) is 45.4 Å². The van der Waals surface area contributed by atoms with Crippen molar-refractivity contribution in [3.05, 3.63) is 0 Å². The molecule has 20 heavy (non-hydrogen) atoms. The van der Waals surface area contributed by atoms with Crippen LogP contribution in [0.25, 0.3) is 0 Å². The zero-order valence-corrected chi connectivity index (χ0v) is 12.1. The molecule has 3 unspecified atom stereocenters. The lowest BCUT2D eigenvalue weighted by molar-refractivity contribution is -0.146. The van der Waals surface area contributed by atoms with Crippen LogP contribution < -0.4 is 5.32 Å². The molecule has 0 spiro atoms. The van der Waals surface area contributed by atoms with Crippen molar-refractivity contribution in [2.75, 3.05) is 13.1 Å². The molecule has 1 amide bonds. The number of rotatable bonds is 3. The molecule has 3 aliphatic rings. The van der Waals surface area contributed by atoms with Gasteiger partial charge in [-0.1, -0.05) is 0 Å². The summed E-state index contributed by atoms with van der Waals surface area (Å²) in [6, 6.07) is 0.561. The molecule has 0 aliphatic carbocycles. The summed E-state index contributed by atoms with van der Waals surface area (Å²) in [6.45, 7) is 3.77. The van der Waals surface area contributed by atoms with E-state index in [0.29, 0.717) is 5.91 Å². The first-order chi connectivity index (χ1) is 9.49. The maximum atomic E-state index is 12.9. The van der Waals surface area contributed by atoms with Gasteiger partial charge in [-0.3, -0.25) is 9.59 Å². The van der Waals surface area contributed by atoms with Crippen LogP contribution in [0.5, 0.6) is 0 Å². The van der Waals surface area contributed by atoms with Gasteiger partial charge in [-0.05, 0) is 51.5 Å². The van der Waals surface area contributed by atoms with Gasteiger partial charge in [0.2, 0.25) is 5.91 Å². The topological polar surface area (TPSA) is 69.6 Å². The molecular formula is C15H24N2O3. The molecule has 3 aliphatic heterocycles. The van der Waals surface area contributed by atoms with Crippen molar-refractivity contribution >= 4 is 11.9 Å². The Morgan fingerprint density at radius 3 is 2.45 bits per heavy atom. The van der Waals surface area contributed by atoms with E-state index in [1.165, 1.54) is 0 Å². The number of piperidine rings is 1. The summed E-state index contributed by atoms with van der Waals surface area (Å²) < 4.78 is 0. The summed E-state index contributed by atoms with van der Waals surface area (Å²) in [7, 11) is 0. The van der Waals surface area contributed by atoms with Gasteiger partial charge in [0.15, 0.2) is 0 Å². The Bertz CT molecular complexity index is 403. The number of carboxylic acids is 1. The van der Waals surface area contributed by atoms with E-state index >= 15 is 0 Å². The van der Waals surface area contributed by atoms with Crippen molar-refractivity contribution in [3.63, 3.8) is 0 Å². The molecule has 0 aromatic rings. The Hall–Kier alpha value is -1.10. The second kappa shape index (κ2) is 5.02. The molecule has 5 heteroatoms. The Balaban J connectivity index is 1.70. The zero-order chi connectivity index (χ0) is 14.3. The summed E-state index contributed by atoms with van der Waals surface area (Å²) in [4.78, 5) is 25.9. The number of carbonyl (C=O) groups is 2. The molecule has 3 heterocycles. The lowest BCUT2D eigenvalue weighted by Crippen LogP contribution is -2.52. The van der Waals surface area contributed by atoms with Crippen LogP contribution in [0, 0.1) is 11.3 Å². The Morgan fingerprint density at radius 2 is 1.95 bits per heavy atom. The van der Waals surface area contributed by atoms with Gasteiger partial charge in [0.25, 0.3) is 0 Å². The molecule has 0 radical (unpaired) electrons. The summed E-state index contributed by atoms with van der Waals surface area (Å²) in [5, 5.41) is 12.3. The van der Waals surface area contributed by atoms with Gasteiger partial charge in [-0.2, -0.15) is 0 Å². The highest BCUT2D eigenvalue weighted by Crippen LogP contribution is 2.43. The van der Waals surface area contributed by atoms with Gasteiger partial charge in [0.1, 0.15) is 0 Å². The monoisotopic (exact) mass is 280 g/mol. The van der Waals surface area contributed by atoms with Crippen molar-refractivity contribution < 1.29 is 14.7 Å². The maximum absolute atomic E-state index is 12.9. The molecule has 2 N–H and O–H groups in total. The first-order valence-electron chi connectivity index (χ1n) is 7.75. The van der Waals surface area contributed by atoms with E-state index in [2.05, 4.69) is 17.1 Å². The molecule has 3 fully saturated rings. The molecule has 0 aromatic heterocycles. The molecule has 2 bridgehead atoms. The first kappa shape index (κ1) is 13.9. The number of hydrogen-bond acceptors (Lipinski definition) is 3. The van der Waals surface area contributed by atoms with Crippen LogP contribution in [-0.4, -0.2) is 47.1 Å².